The highest BCUT2D eigenvalue weighted by Crippen LogP contribution is 2.40. The summed E-state index contributed by atoms with van der Waals surface area (Å²) in [7, 11) is 1.90. The second kappa shape index (κ2) is 6.50. The lowest BCUT2D eigenvalue weighted by molar-refractivity contribution is 0.00752. The first-order valence-electron chi connectivity index (χ1n) is 9.82. The van der Waals surface area contributed by atoms with E-state index in [9.17, 15) is 9.90 Å². The number of piperazine rings is 1. The van der Waals surface area contributed by atoms with Gasteiger partial charge in [0.1, 0.15) is 0 Å². The second-order valence-corrected chi connectivity index (χ2v) is 9.06. The highest BCUT2D eigenvalue weighted by Gasteiger charge is 2.48. The van der Waals surface area contributed by atoms with Gasteiger partial charge >= 0.3 is 6.09 Å². The molecule has 8 nitrogen and oxygen atoms in total. The molecule has 29 heavy (non-hydrogen) atoms. The minimum absolute atomic E-state index is 0.208. The molecular formula is C21H28N6O2. The molecule has 0 aromatic carbocycles. The Labute approximate surface area is 170 Å². The molecule has 1 fully saturated rings. The van der Waals surface area contributed by atoms with Crippen LogP contribution in [0.25, 0.3) is 16.6 Å². The third kappa shape index (κ3) is 3.12. The summed E-state index contributed by atoms with van der Waals surface area (Å²) < 4.78 is 3.67. The zero-order valence-electron chi connectivity index (χ0n) is 17.6. The van der Waals surface area contributed by atoms with E-state index >= 15 is 0 Å². The van der Waals surface area contributed by atoms with Crippen molar-refractivity contribution >= 4 is 17.3 Å². The van der Waals surface area contributed by atoms with Crippen molar-refractivity contribution in [3.05, 3.63) is 36.9 Å². The lowest BCUT2D eigenvalue weighted by atomic mass is 9.72. The lowest BCUT2D eigenvalue weighted by Gasteiger charge is -2.54. The minimum atomic E-state index is -0.858. The predicted molar refractivity (Wildman–Crippen MR) is 112 cm³/mol. The van der Waals surface area contributed by atoms with Crippen molar-refractivity contribution in [2.24, 2.45) is 12.5 Å². The largest absolute Gasteiger partial charge is 0.465 e. The zero-order valence-corrected chi connectivity index (χ0v) is 17.6. The van der Waals surface area contributed by atoms with Crippen LogP contribution >= 0.6 is 0 Å². The first-order valence-corrected chi connectivity index (χ1v) is 9.82. The van der Waals surface area contributed by atoms with E-state index < -0.39 is 11.6 Å². The number of anilines is 1. The number of carbonyl (C=O) groups is 1. The van der Waals surface area contributed by atoms with Crippen LogP contribution in [-0.4, -0.2) is 60.7 Å². The molecule has 1 atom stereocenters. The summed E-state index contributed by atoms with van der Waals surface area (Å²) in [6, 6.07) is 4.15. The summed E-state index contributed by atoms with van der Waals surface area (Å²) in [5, 5.41) is 18.6. The first kappa shape index (κ1) is 19.3. The average Bonchev–Trinajstić information content (AvgIpc) is 3.26. The standard InChI is InChI=1S/C21H28N6O2/c1-20(2,3)21(4)14-25(8-9-26(21)19(28)29)18-11-23-27-13-15(6-7-17(18)27)16-10-22-24(5)12-16/h6-7,10-13H,8-9,14H2,1-5H3,(H,28,29). The number of rotatable bonds is 2. The number of amides is 1. The normalized spacial score (nSPS) is 20.4. The Kier molecular flexibility index (Phi) is 4.33. The summed E-state index contributed by atoms with van der Waals surface area (Å²) >= 11 is 0. The number of aromatic nitrogens is 4. The Balaban J connectivity index is 1.69. The highest BCUT2D eigenvalue weighted by atomic mass is 16.4. The van der Waals surface area contributed by atoms with Crippen molar-refractivity contribution < 1.29 is 9.90 Å². The third-order valence-corrected chi connectivity index (χ3v) is 6.41. The quantitative estimate of drug-likeness (QED) is 0.719. The molecule has 0 radical (unpaired) electrons. The van der Waals surface area contributed by atoms with Crippen molar-refractivity contribution in [1.29, 1.82) is 0 Å². The molecule has 1 amide bonds. The number of nitrogens with zero attached hydrogens (tertiary/aromatic N) is 6. The van der Waals surface area contributed by atoms with Crippen LogP contribution in [0.1, 0.15) is 27.7 Å². The molecule has 0 saturated carbocycles. The number of hydrogen-bond donors (Lipinski definition) is 1. The summed E-state index contributed by atoms with van der Waals surface area (Å²) in [5.41, 5.74) is 3.42. The number of pyridine rings is 1. The topological polar surface area (TPSA) is 78.9 Å². The van der Waals surface area contributed by atoms with E-state index in [1.165, 1.54) is 0 Å². The molecule has 3 aromatic rings. The van der Waals surface area contributed by atoms with Crippen molar-refractivity contribution in [1.82, 2.24) is 24.3 Å². The van der Waals surface area contributed by atoms with Gasteiger partial charge in [0.05, 0.1) is 29.1 Å². The molecule has 1 unspecified atom stereocenters. The number of fused-ring (bicyclic) bond motifs is 1. The molecule has 1 aliphatic rings. The SMILES string of the molecule is Cn1cc(-c2ccc3c(N4CCN(C(=O)O)C(C)(C(C)(C)C)C4)cnn3c2)cn1. The van der Waals surface area contributed by atoms with Crippen LogP contribution in [0, 0.1) is 5.41 Å². The zero-order chi connectivity index (χ0) is 21.0. The molecule has 1 saturated heterocycles. The summed E-state index contributed by atoms with van der Waals surface area (Å²) in [5.74, 6) is 0. The van der Waals surface area contributed by atoms with Crippen molar-refractivity contribution in [2.45, 2.75) is 33.2 Å². The molecule has 0 aliphatic carbocycles. The van der Waals surface area contributed by atoms with Crippen LogP contribution in [0.4, 0.5) is 10.5 Å². The molecule has 154 valence electrons. The fourth-order valence-electron chi connectivity index (χ4n) is 4.11. The summed E-state index contributed by atoms with van der Waals surface area (Å²) in [6.45, 7) is 10.1. The van der Waals surface area contributed by atoms with E-state index in [0.29, 0.717) is 19.6 Å². The Morgan fingerprint density at radius 1 is 1.10 bits per heavy atom. The monoisotopic (exact) mass is 396 g/mol. The second-order valence-electron chi connectivity index (χ2n) is 9.06. The predicted octanol–water partition coefficient (Wildman–Crippen LogP) is 3.34. The van der Waals surface area contributed by atoms with Gasteiger partial charge in [-0.15, -0.1) is 0 Å². The lowest BCUT2D eigenvalue weighted by Crippen LogP contribution is -2.67. The van der Waals surface area contributed by atoms with Crippen LogP contribution in [-0.2, 0) is 7.05 Å². The van der Waals surface area contributed by atoms with Gasteiger partial charge in [-0.25, -0.2) is 9.31 Å². The van der Waals surface area contributed by atoms with E-state index in [0.717, 1.165) is 22.3 Å². The van der Waals surface area contributed by atoms with E-state index in [2.05, 4.69) is 48.0 Å². The van der Waals surface area contributed by atoms with Gasteiger partial charge in [0.25, 0.3) is 0 Å². The molecule has 0 bridgehead atoms. The van der Waals surface area contributed by atoms with Crippen LogP contribution in [0.2, 0.25) is 0 Å². The van der Waals surface area contributed by atoms with Crippen LogP contribution in [0.3, 0.4) is 0 Å². The van der Waals surface area contributed by atoms with E-state index in [1.54, 1.807) is 9.58 Å². The van der Waals surface area contributed by atoms with Crippen LogP contribution in [0.5, 0.6) is 0 Å². The molecule has 4 heterocycles. The van der Waals surface area contributed by atoms with E-state index in [1.807, 2.05) is 43.3 Å². The maximum atomic E-state index is 11.9. The van der Waals surface area contributed by atoms with Crippen molar-refractivity contribution in [2.75, 3.05) is 24.5 Å². The molecule has 8 heteroatoms. The molecule has 1 N–H and O–H groups in total. The summed E-state index contributed by atoms with van der Waals surface area (Å²) in [6.07, 6.45) is 6.84. The van der Waals surface area contributed by atoms with Gasteiger partial charge < -0.3 is 10.0 Å². The Hall–Kier alpha value is -3.03. The van der Waals surface area contributed by atoms with Crippen molar-refractivity contribution in [3.63, 3.8) is 0 Å². The average molecular weight is 396 g/mol. The smallest absolute Gasteiger partial charge is 0.407 e. The van der Waals surface area contributed by atoms with Crippen LogP contribution in [0.15, 0.2) is 36.9 Å². The third-order valence-electron chi connectivity index (χ3n) is 6.41. The van der Waals surface area contributed by atoms with Gasteiger partial charge in [0, 0.05) is 50.2 Å². The molecule has 4 rings (SSSR count). The van der Waals surface area contributed by atoms with E-state index in [-0.39, 0.29) is 5.41 Å². The van der Waals surface area contributed by atoms with Gasteiger partial charge in [0.2, 0.25) is 0 Å². The Morgan fingerprint density at radius 2 is 1.86 bits per heavy atom. The minimum Gasteiger partial charge on any atom is -0.465 e. The fourth-order valence-corrected chi connectivity index (χ4v) is 4.11. The van der Waals surface area contributed by atoms with Gasteiger partial charge in [-0.05, 0) is 18.4 Å². The maximum Gasteiger partial charge on any atom is 0.407 e. The Bertz CT molecular complexity index is 1060. The van der Waals surface area contributed by atoms with E-state index in [4.69, 9.17) is 0 Å². The first-order chi connectivity index (χ1) is 13.6. The Morgan fingerprint density at radius 3 is 2.48 bits per heavy atom. The number of carboxylic acid groups (broad SMARTS) is 1. The molecular weight excluding hydrogens is 368 g/mol. The molecule has 0 spiro atoms. The van der Waals surface area contributed by atoms with Gasteiger partial charge in [0.15, 0.2) is 0 Å². The molecule has 1 aliphatic heterocycles. The van der Waals surface area contributed by atoms with Gasteiger partial charge in [-0.3, -0.25) is 9.58 Å². The highest BCUT2D eigenvalue weighted by molar-refractivity contribution is 5.76. The molecule has 3 aromatic heterocycles. The number of aryl methyl sites for hydroxylation is 1. The fraction of sp³-hybridized carbons (Fsp3) is 0.476. The van der Waals surface area contributed by atoms with Crippen molar-refractivity contribution in [3.8, 4) is 11.1 Å². The summed E-state index contributed by atoms with van der Waals surface area (Å²) in [4.78, 5) is 15.7. The van der Waals surface area contributed by atoms with Crippen LogP contribution < -0.4 is 4.90 Å². The van der Waals surface area contributed by atoms with Gasteiger partial charge in [-0.1, -0.05) is 26.8 Å². The van der Waals surface area contributed by atoms with Gasteiger partial charge in [-0.2, -0.15) is 10.2 Å². The maximum absolute atomic E-state index is 11.9. The number of hydrogen-bond acceptors (Lipinski definition) is 4.